The molecule has 0 aromatic carbocycles. The Balaban J connectivity index is 1.01. The van der Waals surface area contributed by atoms with Gasteiger partial charge in [0.15, 0.2) is 18.9 Å². The second kappa shape index (κ2) is 57.6. The van der Waals surface area contributed by atoms with Crippen LogP contribution >= 0.6 is 31.1 Å². The average Bonchev–Trinajstić information content (AvgIpc) is 0.814. The molecule has 49 nitrogen and oxygen atoms in total. The molecular formula is C79H143N9O40P4. The minimum Gasteiger partial charge on any atom is -0.396 e. The number of phosphoric ester groups is 3. The zero-order valence-electron chi connectivity index (χ0n) is 75.6. The summed E-state index contributed by atoms with van der Waals surface area (Å²) in [6.45, 7) is -0.763. The lowest BCUT2D eigenvalue weighted by Gasteiger charge is -2.43. The molecule has 9 amide bonds. The van der Waals surface area contributed by atoms with Crippen LogP contribution in [0.4, 0.5) is 0 Å². The summed E-state index contributed by atoms with van der Waals surface area (Å²) < 4.78 is 125. The maximum Gasteiger partial charge on any atom is 0.472 e. The summed E-state index contributed by atoms with van der Waals surface area (Å²) in [4.78, 5) is 162. The van der Waals surface area contributed by atoms with E-state index in [4.69, 9.17) is 60.1 Å². The van der Waals surface area contributed by atoms with Gasteiger partial charge in [-0.1, -0.05) is 19.3 Å². The van der Waals surface area contributed by atoms with E-state index in [1.807, 2.05) is 0 Å². The molecule has 6 aliphatic rings. The third kappa shape index (κ3) is 40.9. The molecule has 19 atom stereocenters. The number of piperidine rings is 3. The summed E-state index contributed by atoms with van der Waals surface area (Å²) in [6, 6.07) is -3.43. The molecule has 0 bridgehead atoms. The van der Waals surface area contributed by atoms with Crippen molar-refractivity contribution in [3.63, 3.8) is 0 Å². The monoisotopic (exact) mass is 1980 g/mol. The lowest BCUT2D eigenvalue weighted by molar-refractivity contribution is -0.270. The van der Waals surface area contributed by atoms with E-state index in [0.717, 1.165) is 6.66 Å². The fourth-order valence-electron chi connectivity index (χ4n) is 15.7. The fraction of sp³-hybridized carbons (Fsp3) is 0.886. The van der Waals surface area contributed by atoms with Gasteiger partial charge in [0.2, 0.25) is 53.2 Å². The van der Waals surface area contributed by atoms with Gasteiger partial charge in [0.1, 0.15) is 73.1 Å². The van der Waals surface area contributed by atoms with E-state index in [2.05, 4.69) is 31.9 Å². The molecule has 19 unspecified atom stereocenters. The van der Waals surface area contributed by atoms with Crippen LogP contribution in [0.15, 0.2) is 0 Å². The van der Waals surface area contributed by atoms with Crippen molar-refractivity contribution in [2.45, 2.75) is 273 Å². The van der Waals surface area contributed by atoms with E-state index in [9.17, 15) is 132 Å². The molecule has 764 valence electrons. The number of carbonyl (C=O) groups is 9. The Kier molecular flexibility index (Phi) is 50.5. The predicted molar refractivity (Wildman–Crippen MR) is 459 cm³/mol. The predicted octanol–water partition coefficient (Wildman–Crippen LogP) is -2.32. The number of amides is 9. The highest BCUT2D eigenvalue weighted by Gasteiger charge is 2.51. The Morgan fingerprint density at radius 3 is 0.871 bits per heavy atom. The molecule has 6 saturated heterocycles. The number of nitrogens with zero attached hydrogens (tertiary/aromatic N) is 3. The van der Waals surface area contributed by atoms with E-state index in [1.165, 1.54) is 30.6 Å². The minimum atomic E-state index is -5.24. The lowest BCUT2D eigenvalue weighted by atomic mass is 9.80. The Labute approximate surface area is 767 Å². The quantitative estimate of drug-likeness (QED) is 0.0224. The highest BCUT2D eigenvalue weighted by atomic mass is 31.2. The summed E-state index contributed by atoms with van der Waals surface area (Å²) in [5.41, 5.74) is -3.92. The molecule has 6 aliphatic heterocycles. The number of hydrogen-bond acceptors (Lipinski definition) is 36. The van der Waals surface area contributed by atoms with Crippen molar-refractivity contribution < 1.29 is 192 Å². The number of aliphatic hydroxyl groups is 10. The van der Waals surface area contributed by atoms with Gasteiger partial charge >= 0.3 is 31.1 Å². The van der Waals surface area contributed by atoms with Crippen molar-refractivity contribution in [2.75, 3.05) is 158 Å². The van der Waals surface area contributed by atoms with Gasteiger partial charge in [-0.25, -0.2) is 13.7 Å². The van der Waals surface area contributed by atoms with E-state index in [0.29, 0.717) is 64.3 Å². The van der Waals surface area contributed by atoms with Gasteiger partial charge in [-0.15, -0.1) is 0 Å². The van der Waals surface area contributed by atoms with E-state index < -0.39 is 223 Å². The molecule has 0 aromatic heterocycles. The van der Waals surface area contributed by atoms with Crippen LogP contribution in [0, 0.1) is 16.2 Å². The molecule has 0 spiro atoms. The maximum atomic E-state index is 14.3. The van der Waals surface area contributed by atoms with Crippen LogP contribution in [0.5, 0.6) is 0 Å². The van der Waals surface area contributed by atoms with Gasteiger partial charge < -0.3 is 150 Å². The number of carbonyl (C=O) groups excluding carboxylic acids is 9. The number of likely N-dealkylation sites (tertiary alicyclic amines) is 3. The van der Waals surface area contributed by atoms with Crippen molar-refractivity contribution in [3.8, 4) is 0 Å². The van der Waals surface area contributed by atoms with Gasteiger partial charge in [0, 0.05) is 141 Å². The summed E-state index contributed by atoms with van der Waals surface area (Å²) in [5, 5.41) is 118. The van der Waals surface area contributed by atoms with Crippen LogP contribution in [0.3, 0.4) is 0 Å². The normalized spacial score (nSPS) is 27.3. The second-order valence-electron chi connectivity index (χ2n) is 34.6. The maximum absolute atomic E-state index is 14.3. The van der Waals surface area contributed by atoms with Crippen molar-refractivity contribution in [3.05, 3.63) is 0 Å². The van der Waals surface area contributed by atoms with Gasteiger partial charge in [-0.05, 0) is 103 Å². The number of hydrogen-bond donors (Lipinski definition) is 20. The van der Waals surface area contributed by atoms with Crippen molar-refractivity contribution in [2.24, 2.45) is 16.2 Å². The van der Waals surface area contributed by atoms with Crippen LogP contribution in [-0.2, 0) is 121 Å². The highest BCUT2D eigenvalue weighted by molar-refractivity contribution is 7.51. The number of phosphoric acid groups is 3. The minimum absolute atomic E-state index is 0.00321. The standard InChI is InChI=1S/C79H143N9O40P4/c1-53(93)83-65-71(105)68(102)56(44-89)126-74(65)116-39-14-18-59(96)80-30-11-5-8-21-62(99)86-33-24-77(47-92,25-34-86)48-121-131(112,113)123-51-79(28-37-88(38-29-79)64(101)23-10-7-13-32-82-61(98)20-16-41-118-76-67(85-55(3)95)73(107)70(104)58(46-91)128-76)52-125-132(114,115)124-50-78(49-122-130(110,111)120-43-17-42-119-129(4,108)109)26-35-87(36-27-78)63(100)22-9-6-12-31-81-60(97)19-15-40-117-75-66(84-54(2)94)72(106)69(103)57(45-90)127-75/h56-58,65-76,89-92,102-107H,5-52H2,1-4H3,(H,80,96)(H,81,97)(H,82,98)(H,83,93)(H,84,94)(H,85,95)(H,108,109)(H,110,111)(H,112,113)(H,114,115). The number of ether oxygens (including phenoxy) is 6. The van der Waals surface area contributed by atoms with Crippen LogP contribution in [-0.4, -0.2) is 388 Å². The zero-order chi connectivity index (χ0) is 97.5. The number of unbranched alkanes of at least 4 members (excludes halogenated alkanes) is 6. The molecule has 132 heavy (non-hydrogen) atoms. The topological polar surface area (TPSA) is 707 Å². The van der Waals surface area contributed by atoms with Gasteiger partial charge in [-0.2, -0.15) is 0 Å². The first kappa shape index (κ1) is 116. The first-order valence-electron chi connectivity index (χ1n) is 45.0. The first-order chi connectivity index (χ1) is 62.4. The molecule has 0 saturated carbocycles. The van der Waals surface area contributed by atoms with E-state index in [-0.39, 0.29) is 217 Å². The molecule has 6 fully saturated rings. The summed E-state index contributed by atoms with van der Waals surface area (Å²) in [5.74, 6) is -3.19. The van der Waals surface area contributed by atoms with E-state index in [1.54, 1.807) is 4.90 Å². The Bertz CT molecular complexity index is 3750. The first-order valence-corrected chi connectivity index (χ1v) is 51.5. The second-order valence-corrected chi connectivity index (χ2v) is 40.8. The SMILES string of the molecule is CC(=O)NC1C(OCCCC(=O)NCCCCCC(=O)N2CCC(CO)(COP(=O)(O)OCC3(COP(=O)(O)OCC4(COP(=O)(O)OCCCOP(C)(=O)O)CCN(C(=O)CCCCCNC(=O)CCCOC5OC(CO)C(O)C(O)C5NC(C)=O)CC4)CCN(C(=O)CCCCCNC(=O)CCCOC4OC(CO)C(O)C(O)C4NC(C)=O)CC3)CC2)OC(CO)C(O)C1O. The third-order valence-electron chi connectivity index (χ3n) is 23.8. The van der Waals surface area contributed by atoms with Gasteiger partial charge in [0.05, 0.1) is 92.5 Å². The highest BCUT2D eigenvalue weighted by Crippen LogP contribution is 2.54. The molecule has 0 aromatic rings. The van der Waals surface area contributed by atoms with Gasteiger partial charge in [-0.3, -0.25) is 74.9 Å². The largest absolute Gasteiger partial charge is 0.472 e. The average molecular weight is 1980 g/mol. The van der Waals surface area contributed by atoms with Gasteiger partial charge in [0.25, 0.3) is 0 Å². The number of nitrogens with one attached hydrogen (secondary N) is 6. The summed E-state index contributed by atoms with van der Waals surface area (Å²) in [7, 11) is -19.2. The fourth-order valence-corrected chi connectivity index (χ4v) is 18.9. The van der Waals surface area contributed by atoms with Crippen LogP contribution in [0.1, 0.15) is 181 Å². The van der Waals surface area contributed by atoms with Crippen molar-refractivity contribution in [1.82, 2.24) is 46.6 Å². The molecule has 6 rings (SSSR count). The molecule has 20 N–H and O–H groups in total. The van der Waals surface area contributed by atoms with Crippen molar-refractivity contribution >= 4 is 84.2 Å². The zero-order valence-corrected chi connectivity index (χ0v) is 79.2. The number of aliphatic hydroxyl groups excluding tert-OH is 10. The smallest absolute Gasteiger partial charge is 0.396 e. The van der Waals surface area contributed by atoms with Crippen LogP contribution < -0.4 is 31.9 Å². The summed E-state index contributed by atoms with van der Waals surface area (Å²) in [6.07, 6.45) is -10.6. The number of rotatable bonds is 61. The lowest BCUT2D eigenvalue weighted by Crippen LogP contribution is -2.64. The molecule has 6 heterocycles. The summed E-state index contributed by atoms with van der Waals surface area (Å²) >= 11 is 0. The molecule has 0 aliphatic carbocycles. The molecule has 0 radical (unpaired) electrons. The van der Waals surface area contributed by atoms with E-state index >= 15 is 0 Å². The Morgan fingerprint density at radius 1 is 0.341 bits per heavy atom. The molecule has 53 heteroatoms. The van der Waals surface area contributed by atoms with Crippen LogP contribution in [0.2, 0.25) is 0 Å². The Hall–Kier alpha value is -4.93. The Morgan fingerprint density at radius 2 is 0.606 bits per heavy atom. The van der Waals surface area contributed by atoms with Crippen LogP contribution in [0.25, 0.3) is 0 Å². The molecular weight excluding hydrogens is 1840 g/mol. The third-order valence-corrected chi connectivity index (χ3v) is 27.3. The van der Waals surface area contributed by atoms with Crippen molar-refractivity contribution in [1.29, 1.82) is 0 Å².